The number of carbonyl (C=O) groups is 1. The van der Waals surface area contributed by atoms with Gasteiger partial charge < -0.3 is 14.8 Å². The average molecular weight is 346 g/mol. The van der Waals surface area contributed by atoms with Gasteiger partial charge in [-0.15, -0.1) is 0 Å². The normalized spacial score (nSPS) is 20.5. The van der Waals surface area contributed by atoms with E-state index in [4.69, 9.17) is 9.47 Å². The lowest BCUT2D eigenvalue weighted by Crippen LogP contribution is -2.51. The molecule has 1 saturated heterocycles. The molecule has 2 atom stereocenters. The molecule has 1 N–H and O–H groups in total. The van der Waals surface area contributed by atoms with Crippen LogP contribution in [0.5, 0.6) is 5.75 Å². The predicted octanol–water partition coefficient (Wildman–Crippen LogP) is 2.14. The Bertz CT molecular complexity index is 548. The molecule has 2 unspecified atom stereocenters. The van der Waals surface area contributed by atoms with Crippen LogP contribution in [-0.4, -0.2) is 56.4 Å². The van der Waals surface area contributed by atoms with Crippen molar-refractivity contribution in [3.8, 4) is 5.75 Å². The first kappa shape index (κ1) is 18.5. The molecule has 1 aliphatic heterocycles. The van der Waals surface area contributed by atoms with Crippen LogP contribution in [0.25, 0.3) is 0 Å². The van der Waals surface area contributed by atoms with Crippen molar-refractivity contribution in [1.29, 1.82) is 0 Å². The van der Waals surface area contributed by atoms with Crippen molar-refractivity contribution < 1.29 is 27.4 Å². The van der Waals surface area contributed by atoms with E-state index >= 15 is 0 Å². The van der Waals surface area contributed by atoms with Crippen LogP contribution in [0.4, 0.5) is 13.2 Å². The Balaban J connectivity index is 2.12. The molecule has 1 heterocycles. The number of morpholine rings is 1. The van der Waals surface area contributed by atoms with Crippen LogP contribution >= 0.6 is 0 Å². The lowest BCUT2D eigenvalue weighted by atomic mass is 10.1. The number of hydrogen-bond donors (Lipinski definition) is 1. The fraction of sp³-hybridized carbons (Fsp3) is 0.562. The van der Waals surface area contributed by atoms with Gasteiger partial charge in [0.1, 0.15) is 11.9 Å². The zero-order valence-corrected chi connectivity index (χ0v) is 13.6. The maximum absolute atomic E-state index is 13.4. The number of halogens is 3. The molecule has 24 heavy (non-hydrogen) atoms. The molecule has 0 saturated carbocycles. The fourth-order valence-corrected chi connectivity index (χ4v) is 2.53. The van der Waals surface area contributed by atoms with Crippen LogP contribution in [0, 0.1) is 0 Å². The molecule has 1 aliphatic rings. The number of alkyl halides is 3. The minimum absolute atomic E-state index is 0.0557. The second-order valence-electron chi connectivity index (χ2n) is 5.51. The summed E-state index contributed by atoms with van der Waals surface area (Å²) in [5, 5.41) is 2.07. The molecule has 1 fully saturated rings. The zero-order chi connectivity index (χ0) is 17.7. The summed E-state index contributed by atoms with van der Waals surface area (Å²) in [6.45, 7) is 3.92. The standard InChI is InChI=1S/C16H21F3N2O3/c1-3-21-8-9-24-13(10-21)15(22)20-14(16(17,18)19)11-4-6-12(23-2)7-5-11/h4-7,13-14H,3,8-10H2,1-2H3,(H,20,22). The highest BCUT2D eigenvalue weighted by Crippen LogP contribution is 2.33. The van der Waals surface area contributed by atoms with Gasteiger partial charge in [0.15, 0.2) is 6.04 Å². The number of methoxy groups -OCH3 is 1. The Hall–Kier alpha value is -1.80. The first-order chi connectivity index (χ1) is 11.3. The van der Waals surface area contributed by atoms with Gasteiger partial charge in [0.2, 0.25) is 0 Å². The number of amides is 1. The van der Waals surface area contributed by atoms with Crippen molar-refractivity contribution in [2.45, 2.75) is 25.2 Å². The highest BCUT2D eigenvalue weighted by Gasteiger charge is 2.43. The molecule has 0 radical (unpaired) electrons. The maximum atomic E-state index is 13.4. The van der Waals surface area contributed by atoms with Gasteiger partial charge in [0.05, 0.1) is 13.7 Å². The predicted molar refractivity (Wildman–Crippen MR) is 81.8 cm³/mol. The summed E-state index contributed by atoms with van der Waals surface area (Å²) < 4.78 is 50.3. The van der Waals surface area contributed by atoms with E-state index in [1.54, 1.807) is 0 Å². The van der Waals surface area contributed by atoms with Crippen LogP contribution in [0.2, 0.25) is 0 Å². The third-order valence-corrected chi connectivity index (χ3v) is 3.95. The first-order valence-corrected chi connectivity index (χ1v) is 7.70. The van der Waals surface area contributed by atoms with Crippen LogP contribution < -0.4 is 10.1 Å². The third kappa shape index (κ3) is 4.61. The Kier molecular flexibility index (Phi) is 6.06. The van der Waals surface area contributed by atoms with Crippen molar-refractivity contribution in [2.75, 3.05) is 33.4 Å². The smallest absolute Gasteiger partial charge is 0.412 e. The zero-order valence-electron chi connectivity index (χ0n) is 13.6. The molecule has 2 rings (SSSR count). The van der Waals surface area contributed by atoms with Crippen molar-refractivity contribution in [3.05, 3.63) is 29.8 Å². The number of benzene rings is 1. The number of hydrogen-bond acceptors (Lipinski definition) is 4. The van der Waals surface area contributed by atoms with E-state index in [9.17, 15) is 18.0 Å². The van der Waals surface area contributed by atoms with Gasteiger partial charge in [0.25, 0.3) is 5.91 Å². The van der Waals surface area contributed by atoms with E-state index in [-0.39, 0.29) is 12.1 Å². The van der Waals surface area contributed by atoms with Crippen molar-refractivity contribution in [1.82, 2.24) is 10.2 Å². The highest BCUT2D eigenvalue weighted by molar-refractivity contribution is 5.81. The Labute approximate surface area is 138 Å². The van der Waals surface area contributed by atoms with Gasteiger partial charge in [0, 0.05) is 13.1 Å². The second-order valence-corrected chi connectivity index (χ2v) is 5.51. The van der Waals surface area contributed by atoms with Gasteiger partial charge in [-0.3, -0.25) is 9.69 Å². The van der Waals surface area contributed by atoms with E-state index in [0.29, 0.717) is 25.4 Å². The monoisotopic (exact) mass is 346 g/mol. The summed E-state index contributed by atoms with van der Waals surface area (Å²) in [6, 6.07) is 3.34. The minimum atomic E-state index is -4.61. The lowest BCUT2D eigenvalue weighted by molar-refractivity contribution is -0.168. The molecular weight excluding hydrogens is 325 g/mol. The quantitative estimate of drug-likeness (QED) is 0.888. The number of nitrogens with one attached hydrogen (secondary N) is 1. The van der Waals surface area contributed by atoms with Gasteiger partial charge in [-0.25, -0.2) is 0 Å². The van der Waals surface area contributed by atoms with E-state index in [2.05, 4.69) is 5.32 Å². The van der Waals surface area contributed by atoms with E-state index in [0.717, 1.165) is 0 Å². The van der Waals surface area contributed by atoms with Crippen molar-refractivity contribution in [3.63, 3.8) is 0 Å². The highest BCUT2D eigenvalue weighted by atomic mass is 19.4. The minimum Gasteiger partial charge on any atom is -0.497 e. The van der Waals surface area contributed by atoms with Gasteiger partial charge in [-0.1, -0.05) is 19.1 Å². The number of nitrogens with zero attached hydrogens (tertiary/aromatic N) is 1. The Morgan fingerprint density at radius 3 is 2.62 bits per heavy atom. The van der Waals surface area contributed by atoms with Gasteiger partial charge >= 0.3 is 6.18 Å². The summed E-state index contributed by atoms with van der Waals surface area (Å²) in [6.07, 6.45) is -5.51. The largest absolute Gasteiger partial charge is 0.497 e. The molecular formula is C16H21F3N2O3. The maximum Gasteiger partial charge on any atom is 0.412 e. The number of likely N-dealkylation sites (N-methyl/N-ethyl adjacent to an activating group) is 1. The molecule has 0 aliphatic carbocycles. The number of carbonyl (C=O) groups excluding carboxylic acids is 1. The summed E-state index contributed by atoms with van der Waals surface area (Å²) >= 11 is 0. The first-order valence-electron chi connectivity index (χ1n) is 7.70. The van der Waals surface area contributed by atoms with Crippen molar-refractivity contribution in [2.24, 2.45) is 0 Å². The van der Waals surface area contributed by atoms with Crippen LogP contribution in [0.3, 0.4) is 0 Å². The number of rotatable bonds is 5. The molecule has 1 aromatic rings. The topological polar surface area (TPSA) is 50.8 Å². The van der Waals surface area contributed by atoms with Gasteiger partial charge in [-0.2, -0.15) is 13.2 Å². The third-order valence-electron chi connectivity index (χ3n) is 3.95. The van der Waals surface area contributed by atoms with E-state index < -0.39 is 24.2 Å². The summed E-state index contributed by atoms with van der Waals surface area (Å²) in [7, 11) is 1.43. The lowest BCUT2D eigenvalue weighted by Gasteiger charge is -2.32. The molecule has 1 amide bonds. The Morgan fingerprint density at radius 1 is 1.42 bits per heavy atom. The summed E-state index contributed by atoms with van der Waals surface area (Å²) in [5.41, 5.74) is -0.0557. The van der Waals surface area contributed by atoms with Crippen molar-refractivity contribution >= 4 is 5.91 Å². The molecule has 8 heteroatoms. The Morgan fingerprint density at radius 2 is 2.08 bits per heavy atom. The molecule has 0 spiro atoms. The summed E-state index contributed by atoms with van der Waals surface area (Å²) in [4.78, 5) is 14.2. The van der Waals surface area contributed by atoms with Crippen LogP contribution in [0.1, 0.15) is 18.5 Å². The SMILES string of the molecule is CCN1CCOC(C(=O)NC(c2ccc(OC)cc2)C(F)(F)F)C1. The molecule has 134 valence electrons. The van der Waals surface area contributed by atoms with E-state index in [1.807, 2.05) is 11.8 Å². The molecule has 5 nitrogen and oxygen atoms in total. The average Bonchev–Trinajstić information content (AvgIpc) is 2.58. The second kappa shape index (κ2) is 7.85. The number of ether oxygens (including phenoxy) is 2. The molecule has 1 aromatic carbocycles. The van der Waals surface area contributed by atoms with Crippen LogP contribution in [-0.2, 0) is 9.53 Å². The fourth-order valence-electron chi connectivity index (χ4n) is 2.53. The molecule has 0 bridgehead atoms. The van der Waals surface area contributed by atoms with Gasteiger partial charge in [-0.05, 0) is 24.2 Å². The van der Waals surface area contributed by atoms with Crippen LogP contribution in [0.15, 0.2) is 24.3 Å². The summed E-state index contributed by atoms with van der Waals surface area (Å²) in [5.74, 6) is -0.313. The van der Waals surface area contributed by atoms with E-state index in [1.165, 1.54) is 31.4 Å². The molecule has 0 aromatic heterocycles.